The smallest absolute Gasteiger partial charge is 0.171 e. The van der Waals surface area contributed by atoms with E-state index in [4.69, 9.17) is 4.98 Å². The quantitative estimate of drug-likeness (QED) is 0.109. The zero-order chi connectivity index (χ0) is 32.5. The lowest BCUT2D eigenvalue weighted by molar-refractivity contribution is 0.592. The molecule has 0 atom stereocenters. The predicted molar refractivity (Wildman–Crippen MR) is 208 cm³/mol. The van der Waals surface area contributed by atoms with Gasteiger partial charge in [0.1, 0.15) is 5.65 Å². The zero-order valence-electron chi connectivity index (χ0n) is 26.5. The van der Waals surface area contributed by atoms with Crippen LogP contribution in [0.2, 0.25) is 0 Å². The van der Waals surface area contributed by atoms with Gasteiger partial charge in [-0.1, -0.05) is 133 Å². The van der Waals surface area contributed by atoms with Crippen LogP contribution in [0, 0.1) is 0 Å². The molecule has 0 bridgehead atoms. The highest BCUT2D eigenvalue weighted by Crippen LogP contribution is 2.43. The molecule has 0 aliphatic rings. The van der Waals surface area contributed by atoms with Gasteiger partial charge in [-0.05, 0) is 80.5 Å². The van der Waals surface area contributed by atoms with E-state index in [1.165, 1.54) is 21.5 Å². The van der Waals surface area contributed by atoms with Gasteiger partial charge in [0.2, 0.25) is 0 Å². The van der Waals surface area contributed by atoms with Crippen molar-refractivity contribution >= 4 is 83.0 Å². The van der Waals surface area contributed by atoms with Gasteiger partial charge in [-0.15, -0.1) is 0 Å². The van der Waals surface area contributed by atoms with Crippen molar-refractivity contribution in [2.24, 2.45) is 0 Å². The zero-order valence-corrected chi connectivity index (χ0v) is 27.4. The van der Waals surface area contributed by atoms with Crippen LogP contribution in [0.3, 0.4) is 0 Å². The van der Waals surface area contributed by atoms with Crippen molar-refractivity contribution in [3.8, 4) is 11.1 Å². The molecule has 0 aliphatic carbocycles. The third-order valence-corrected chi connectivity index (χ3v) is 13.0. The molecule has 0 radical (unpaired) electrons. The lowest BCUT2D eigenvalue weighted by Gasteiger charge is -2.20. The molecule has 8 aromatic carbocycles. The fourth-order valence-electron chi connectivity index (χ4n) is 7.55. The molecule has 0 unspecified atom stereocenters. The van der Waals surface area contributed by atoms with Crippen molar-refractivity contribution in [3.63, 3.8) is 0 Å². The Kier molecular flexibility index (Phi) is 6.15. The van der Waals surface area contributed by atoms with Gasteiger partial charge in [-0.2, -0.15) is 0 Å². The third kappa shape index (κ3) is 4.30. The summed E-state index contributed by atoms with van der Waals surface area (Å²) in [6.07, 6.45) is 0. The highest BCUT2D eigenvalue weighted by Gasteiger charge is 2.29. The molecule has 2 aromatic heterocycles. The minimum absolute atomic E-state index is 0.838. The fraction of sp³-hybridized carbons (Fsp3) is 0. The maximum Gasteiger partial charge on any atom is 0.171 e. The third-order valence-electron chi connectivity index (χ3n) is 9.98. The van der Waals surface area contributed by atoms with Crippen molar-refractivity contribution in [1.29, 1.82) is 0 Å². The van der Waals surface area contributed by atoms with E-state index in [1.54, 1.807) is 0 Å². The van der Waals surface area contributed by atoms with Crippen LogP contribution in [0.5, 0.6) is 0 Å². The first-order chi connectivity index (χ1) is 24.1. The van der Waals surface area contributed by atoms with Crippen molar-refractivity contribution < 1.29 is 4.57 Å². The summed E-state index contributed by atoms with van der Waals surface area (Å²) in [5.41, 5.74) is 6.45. The second-order valence-corrected chi connectivity index (χ2v) is 15.5. The monoisotopic (exact) mass is 644 g/mol. The largest absolute Gasteiger partial charge is 0.309 e. The van der Waals surface area contributed by atoms with Crippen LogP contribution in [-0.4, -0.2) is 9.38 Å². The summed E-state index contributed by atoms with van der Waals surface area (Å²) >= 11 is 0. The highest BCUT2D eigenvalue weighted by molar-refractivity contribution is 7.85. The topological polar surface area (TPSA) is 34.4 Å². The Morgan fingerprint density at radius 1 is 0.408 bits per heavy atom. The molecule has 49 heavy (non-hydrogen) atoms. The van der Waals surface area contributed by atoms with E-state index in [-0.39, 0.29) is 0 Å². The SMILES string of the molecule is O=P(c1ccccc1)(c1ccccc1)c1ccc2cc(-c3ccc4c5cc6ccccc6cc5c5nc6ccccc6n5c4c3)ccc2c1. The maximum absolute atomic E-state index is 15.0. The van der Waals surface area contributed by atoms with Gasteiger partial charge < -0.3 is 4.57 Å². The van der Waals surface area contributed by atoms with E-state index in [0.717, 1.165) is 65.4 Å². The first-order valence-corrected chi connectivity index (χ1v) is 18.3. The van der Waals surface area contributed by atoms with Gasteiger partial charge in [0.25, 0.3) is 0 Å². The summed E-state index contributed by atoms with van der Waals surface area (Å²) in [5.74, 6) is 0. The van der Waals surface area contributed by atoms with Crippen LogP contribution in [0.4, 0.5) is 0 Å². The summed E-state index contributed by atoms with van der Waals surface area (Å²) < 4.78 is 17.3. The molecule has 0 N–H and O–H groups in total. The lowest BCUT2D eigenvalue weighted by Crippen LogP contribution is -2.24. The van der Waals surface area contributed by atoms with Gasteiger partial charge in [-0.3, -0.25) is 4.40 Å². The Morgan fingerprint density at radius 2 is 0.980 bits per heavy atom. The van der Waals surface area contributed by atoms with Crippen LogP contribution in [0.25, 0.3) is 71.0 Å². The molecule has 3 nitrogen and oxygen atoms in total. The standard InChI is InChI=1S/C45H29N2OP/c48-49(36-13-3-1-4-14-36,37-15-5-2-6-16-37)38-23-21-33-25-32(19-20-34(33)26-38)35-22-24-39-40-27-30-11-7-8-12-31(30)28-41(40)45-46-42-17-9-10-18-43(42)47(45)44(39)29-35/h1-29H. The van der Waals surface area contributed by atoms with Crippen molar-refractivity contribution in [1.82, 2.24) is 9.38 Å². The molecule has 0 aliphatic heterocycles. The van der Waals surface area contributed by atoms with E-state index in [0.29, 0.717) is 0 Å². The summed E-state index contributed by atoms with van der Waals surface area (Å²) in [6, 6.07) is 60.9. The number of benzene rings is 8. The van der Waals surface area contributed by atoms with Gasteiger partial charge >= 0.3 is 0 Å². The molecule has 0 spiro atoms. The summed E-state index contributed by atoms with van der Waals surface area (Å²) in [7, 11) is -3.06. The number of hydrogen-bond acceptors (Lipinski definition) is 2. The van der Waals surface area contributed by atoms with Gasteiger partial charge in [0, 0.05) is 26.7 Å². The van der Waals surface area contributed by atoms with Gasteiger partial charge in [-0.25, -0.2) is 4.98 Å². The number of nitrogens with zero attached hydrogens (tertiary/aromatic N) is 2. The summed E-state index contributed by atoms with van der Waals surface area (Å²) in [5, 5.41) is 10.7. The normalized spacial score (nSPS) is 12.2. The van der Waals surface area contributed by atoms with Crippen LogP contribution >= 0.6 is 7.14 Å². The summed E-state index contributed by atoms with van der Waals surface area (Å²) in [6.45, 7) is 0. The average Bonchev–Trinajstić information content (AvgIpc) is 3.57. The molecule has 0 fully saturated rings. The molecule has 0 saturated heterocycles. The minimum Gasteiger partial charge on any atom is -0.309 e. The predicted octanol–water partition coefficient (Wildman–Crippen LogP) is 10.4. The fourth-order valence-corrected chi connectivity index (χ4v) is 10.2. The van der Waals surface area contributed by atoms with Gasteiger partial charge in [0.05, 0.1) is 16.6 Å². The van der Waals surface area contributed by atoms with E-state index in [9.17, 15) is 0 Å². The molecule has 10 rings (SSSR count). The van der Waals surface area contributed by atoms with E-state index >= 15 is 4.57 Å². The number of aromatic nitrogens is 2. The first kappa shape index (κ1) is 28.0. The molecular weight excluding hydrogens is 615 g/mol. The van der Waals surface area contributed by atoms with Crippen LogP contribution < -0.4 is 15.9 Å². The molecule has 2 heterocycles. The van der Waals surface area contributed by atoms with Crippen molar-refractivity contribution in [2.75, 3.05) is 0 Å². The number of para-hydroxylation sites is 2. The van der Waals surface area contributed by atoms with Crippen molar-refractivity contribution in [2.45, 2.75) is 0 Å². The molecule has 4 heteroatoms. The molecule has 0 amide bonds. The number of rotatable bonds is 4. The highest BCUT2D eigenvalue weighted by atomic mass is 31.2. The lowest BCUT2D eigenvalue weighted by atomic mass is 9.97. The Labute approximate surface area is 283 Å². The second kappa shape index (κ2) is 10.8. The Balaban J connectivity index is 1.16. The Bertz CT molecular complexity index is 2920. The van der Waals surface area contributed by atoms with Gasteiger partial charge in [0.15, 0.2) is 7.14 Å². The van der Waals surface area contributed by atoms with Crippen molar-refractivity contribution in [3.05, 3.63) is 176 Å². The molecule has 0 saturated carbocycles. The van der Waals surface area contributed by atoms with Crippen LogP contribution in [-0.2, 0) is 4.57 Å². The van der Waals surface area contributed by atoms with E-state index < -0.39 is 7.14 Å². The molecule has 10 aromatic rings. The Morgan fingerprint density at radius 3 is 1.73 bits per heavy atom. The first-order valence-electron chi connectivity index (χ1n) is 16.6. The number of fused-ring (bicyclic) bond motifs is 10. The summed E-state index contributed by atoms with van der Waals surface area (Å²) in [4.78, 5) is 5.16. The maximum atomic E-state index is 15.0. The number of imidazole rings is 1. The second-order valence-electron chi connectivity index (χ2n) is 12.8. The Hall–Kier alpha value is -6.02. The molecule has 230 valence electrons. The molecular formula is C45H29N2OP. The average molecular weight is 645 g/mol. The number of pyridine rings is 1. The number of hydrogen-bond donors (Lipinski definition) is 0. The minimum atomic E-state index is -3.06. The van der Waals surface area contributed by atoms with E-state index in [1.807, 2.05) is 66.7 Å². The van der Waals surface area contributed by atoms with Crippen LogP contribution in [0.15, 0.2) is 176 Å². The van der Waals surface area contributed by atoms with Crippen LogP contribution in [0.1, 0.15) is 0 Å². The van der Waals surface area contributed by atoms with E-state index in [2.05, 4.69) is 114 Å².